The summed E-state index contributed by atoms with van der Waals surface area (Å²) in [4.78, 5) is 34.0. The molecule has 1 amide bonds. The van der Waals surface area contributed by atoms with Crippen LogP contribution in [0.3, 0.4) is 0 Å². The third kappa shape index (κ3) is 3.84. The van der Waals surface area contributed by atoms with Crippen molar-refractivity contribution >= 4 is 51.2 Å². The van der Waals surface area contributed by atoms with Gasteiger partial charge in [-0.25, -0.2) is 9.97 Å². The van der Waals surface area contributed by atoms with Crippen LogP contribution in [0.15, 0.2) is 33.9 Å². The molecule has 2 aromatic heterocycles. The lowest BCUT2D eigenvalue weighted by molar-refractivity contribution is -0.145. The van der Waals surface area contributed by atoms with Crippen molar-refractivity contribution in [1.29, 1.82) is 0 Å². The summed E-state index contributed by atoms with van der Waals surface area (Å²) >= 11 is 2.65. The van der Waals surface area contributed by atoms with Crippen LogP contribution in [0.1, 0.15) is 29.8 Å². The van der Waals surface area contributed by atoms with Gasteiger partial charge in [-0.05, 0) is 31.9 Å². The van der Waals surface area contributed by atoms with E-state index in [2.05, 4.69) is 15.3 Å². The minimum Gasteiger partial charge on any atom is -0.465 e. The maximum Gasteiger partial charge on any atom is 0.315 e. The zero-order valence-corrected chi connectivity index (χ0v) is 16.2. The van der Waals surface area contributed by atoms with Crippen molar-refractivity contribution in [1.82, 2.24) is 9.97 Å². The molecule has 0 aliphatic heterocycles. The summed E-state index contributed by atoms with van der Waals surface area (Å²) in [6, 6.07) is 7.46. The van der Waals surface area contributed by atoms with Crippen molar-refractivity contribution in [3.8, 4) is 0 Å². The number of hydrogen-bond acceptors (Lipinski definition) is 8. The quantitative estimate of drug-likeness (QED) is 0.496. The molecule has 0 spiro atoms. The number of aryl methyl sites for hydroxylation is 1. The highest BCUT2D eigenvalue weighted by atomic mass is 32.2. The number of nitrogens with zero attached hydrogens (tertiary/aromatic N) is 2. The number of nitrogens with one attached hydrogen (secondary N) is 1. The smallest absolute Gasteiger partial charge is 0.315 e. The number of benzene rings is 1. The molecule has 140 valence electrons. The largest absolute Gasteiger partial charge is 0.465 e. The first-order chi connectivity index (χ1) is 13.1. The molecule has 0 radical (unpaired) electrons. The number of amides is 1. The number of para-hydroxylation sites is 2. The van der Waals surface area contributed by atoms with Gasteiger partial charge in [-0.15, -0.1) is 11.3 Å². The van der Waals surface area contributed by atoms with E-state index < -0.39 is 0 Å². The number of thiazole rings is 1. The van der Waals surface area contributed by atoms with Crippen molar-refractivity contribution in [2.24, 2.45) is 0 Å². The summed E-state index contributed by atoms with van der Waals surface area (Å²) in [6.45, 7) is 2.14. The van der Waals surface area contributed by atoms with E-state index in [9.17, 15) is 9.59 Å². The molecular weight excluding hydrogens is 386 g/mol. The Morgan fingerprint density at radius 1 is 1.37 bits per heavy atom. The summed E-state index contributed by atoms with van der Waals surface area (Å²) in [6.07, 6.45) is 1.50. The second-order valence-corrected chi connectivity index (χ2v) is 7.97. The number of carbonyl (C=O) groups is 2. The molecule has 0 fully saturated rings. The fourth-order valence-corrected chi connectivity index (χ4v) is 4.64. The number of rotatable bonds is 6. The van der Waals surface area contributed by atoms with Gasteiger partial charge >= 0.3 is 5.97 Å². The van der Waals surface area contributed by atoms with Crippen molar-refractivity contribution in [3.05, 3.63) is 34.8 Å². The Morgan fingerprint density at radius 3 is 3.04 bits per heavy atom. The monoisotopic (exact) mass is 403 g/mol. The predicted molar refractivity (Wildman–Crippen MR) is 103 cm³/mol. The van der Waals surface area contributed by atoms with Crippen LogP contribution in [0, 0.1) is 0 Å². The topological polar surface area (TPSA) is 94.3 Å². The maximum absolute atomic E-state index is 12.2. The number of hydrogen-bond donors (Lipinski definition) is 1. The van der Waals surface area contributed by atoms with E-state index in [0.717, 1.165) is 28.9 Å². The van der Waals surface area contributed by atoms with Crippen LogP contribution >= 0.6 is 23.1 Å². The van der Waals surface area contributed by atoms with Crippen molar-refractivity contribution in [2.75, 3.05) is 17.7 Å². The first kappa shape index (κ1) is 18.0. The molecule has 1 aliphatic carbocycles. The molecule has 1 aromatic carbocycles. The lowest BCUT2D eigenvalue weighted by Crippen LogP contribution is -2.16. The molecule has 1 unspecified atom stereocenters. The van der Waals surface area contributed by atoms with Gasteiger partial charge in [-0.1, -0.05) is 23.9 Å². The number of anilines is 1. The zero-order chi connectivity index (χ0) is 18.8. The molecule has 0 saturated carbocycles. The molecule has 27 heavy (non-hydrogen) atoms. The standard InChI is InChI=1S/C18H17N3O4S2/c1-2-24-16(23)10-7-8-13-15(10)21-17(27-13)20-14(22)9-26-18-19-11-5-3-4-6-12(11)25-18/h3-6,10H,2,7-9H2,1H3,(H,20,21,22). The number of oxazole rings is 1. The van der Waals surface area contributed by atoms with Crippen LogP contribution < -0.4 is 5.32 Å². The Bertz CT molecular complexity index is 965. The van der Waals surface area contributed by atoms with Gasteiger partial charge in [0, 0.05) is 4.88 Å². The second-order valence-electron chi connectivity index (χ2n) is 5.96. The van der Waals surface area contributed by atoms with E-state index in [-0.39, 0.29) is 23.5 Å². The van der Waals surface area contributed by atoms with Crippen molar-refractivity contribution in [3.63, 3.8) is 0 Å². The van der Waals surface area contributed by atoms with Crippen LogP contribution in [-0.2, 0) is 20.7 Å². The fourth-order valence-electron chi connectivity index (χ4n) is 2.95. The van der Waals surface area contributed by atoms with E-state index in [4.69, 9.17) is 9.15 Å². The molecule has 0 bridgehead atoms. The first-order valence-corrected chi connectivity index (χ1v) is 10.4. The van der Waals surface area contributed by atoms with Gasteiger partial charge in [0.2, 0.25) is 5.91 Å². The maximum atomic E-state index is 12.2. The lowest BCUT2D eigenvalue weighted by Gasteiger charge is -2.07. The summed E-state index contributed by atoms with van der Waals surface area (Å²) < 4.78 is 10.7. The summed E-state index contributed by atoms with van der Waals surface area (Å²) in [5.41, 5.74) is 2.20. The number of fused-ring (bicyclic) bond motifs is 2. The number of esters is 1. The normalized spacial score (nSPS) is 15.7. The summed E-state index contributed by atoms with van der Waals surface area (Å²) in [5.74, 6) is -0.595. The molecule has 2 heterocycles. The molecule has 3 aromatic rings. The molecule has 9 heteroatoms. The van der Waals surface area contributed by atoms with Gasteiger partial charge in [-0.2, -0.15) is 0 Å². The highest BCUT2D eigenvalue weighted by Crippen LogP contribution is 2.39. The number of ether oxygens (including phenoxy) is 1. The van der Waals surface area contributed by atoms with Crippen LogP contribution in [0.25, 0.3) is 11.1 Å². The Hall–Kier alpha value is -2.39. The van der Waals surface area contributed by atoms with Crippen molar-refractivity contribution in [2.45, 2.75) is 30.9 Å². The van der Waals surface area contributed by atoms with E-state index in [1.165, 1.54) is 23.1 Å². The zero-order valence-electron chi connectivity index (χ0n) is 14.6. The number of thioether (sulfide) groups is 1. The molecule has 4 rings (SSSR count). The van der Waals surface area contributed by atoms with E-state index >= 15 is 0 Å². The van der Waals surface area contributed by atoms with Crippen LogP contribution in [0.5, 0.6) is 0 Å². The summed E-state index contributed by atoms with van der Waals surface area (Å²) in [7, 11) is 0. The van der Waals surface area contributed by atoms with Crippen LogP contribution in [0.4, 0.5) is 5.13 Å². The fraction of sp³-hybridized carbons (Fsp3) is 0.333. The lowest BCUT2D eigenvalue weighted by atomic mass is 10.1. The number of aromatic nitrogens is 2. The van der Waals surface area contributed by atoms with E-state index in [1.807, 2.05) is 24.3 Å². The minimum atomic E-state index is -0.323. The minimum absolute atomic E-state index is 0.165. The molecule has 1 aliphatic rings. The average molecular weight is 403 g/mol. The van der Waals surface area contributed by atoms with E-state index in [0.29, 0.717) is 22.5 Å². The van der Waals surface area contributed by atoms with Crippen molar-refractivity contribution < 1.29 is 18.7 Å². The molecular formula is C18H17N3O4S2. The van der Waals surface area contributed by atoms with Gasteiger partial charge in [0.1, 0.15) is 11.4 Å². The van der Waals surface area contributed by atoms with Gasteiger partial charge in [0.15, 0.2) is 10.7 Å². The van der Waals surface area contributed by atoms with Gasteiger partial charge in [0.05, 0.1) is 18.1 Å². The first-order valence-electron chi connectivity index (χ1n) is 8.58. The van der Waals surface area contributed by atoms with E-state index in [1.54, 1.807) is 6.92 Å². The van der Waals surface area contributed by atoms with Gasteiger partial charge in [0.25, 0.3) is 5.22 Å². The number of carbonyl (C=O) groups excluding carboxylic acids is 2. The Labute approximate surface area is 163 Å². The van der Waals surface area contributed by atoms with Gasteiger partial charge < -0.3 is 14.5 Å². The molecule has 0 saturated heterocycles. The second kappa shape index (κ2) is 7.69. The highest BCUT2D eigenvalue weighted by Gasteiger charge is 2.33. The molecule has 7 nitrogen and oxygen atoms in total. The van der Waals surface area contributed by atoms with Crippen LogP contribution in [0.2, 0.25) is 0 Å². The van der Waals surface area contributed by atoms with Crippen LogP contribution in [-0.4, -0.2) is 34.2 Å². The highest BCUT2D eigenvalue weighted by molar-refractivity contribution is 7.99. The third-order valence-corrected chi connectivity index (χ3v) is 6.01. The Morgan fingerprint density at radius 2 is 2.22 bits per heavy atom. The molecule has 1 N–H and O–H groups in total. The third-order valence-electron chi connectivity index (χ3n) is 4.14. The Kier molecular flexibility index (Phi) is 5.13. The summed E-state index contributed by atoms with van der Waals surface area (Å²) in [5, 5.41) is 3.76. The SMILES string of the molecule is CCOC(=O)C1CCc2sc(NC(=O)CSc3nc4ccccc4o3)nc21. The Balaban J connectivity index is 1.36. The average Bonchev–Trinajstić information content (AvgIpc) is 3.33. The van der Waals surface area contributed by atoms with Gasteiger partial charge in [-0.3, -0.25) is 9.59 Å². The predicted octanol–water partition coefficient (Wildman–Crippen LogP) is 3.61. The molecule has 1 atom stereocenters.